The molecule has 210 valence electrons. The van der Waals surface area contributed by atoms with Crippen molar-refractivity contribution >= 4 is 39.7 Å². The first-order chi connectivity index (χ1) is 18.5. The molecule has 14 heteroatoms. The molecule has 1 amide bonds. The maximum Gasteiger partial charge on any atom is 0.326 e. The fraction of sp³-hybridized carbons (Fsp3) is 0.440. The minimum atomic E-state index is -1.67. The van der Waals surface area contributed by atoms with Crippen LogP contribution < -0.4 is 5.32 Å². The van der Waals surface area contributed by atoms with Crippen molar-refractivity contribution in [2.24, 2.45) is 0 Å². The molecule has 1 fully saturated rings. The van der Waals surface area contributed by atoms with Crippen LogP contribution in [0.2, 0.25) is 0 Å². The number of para-hydroxylation sites is 1. The Labute approximate surface area is 220 Å². The molecule has 3 heterocycles. The van der Waals surface area contributed by atoms with Crippen LogP contribution in [0.4, 0.5) is 0 Å². The Balaban J connectivity index is 1.70. The summed E-state index contributed by atoms with van der Waals surface area (Å²) >= 11 is 0. The first-order valence-corrected chi connectivity index (χ1v) is 12.1. The van der Waals surface area contributed by atoms with Crippen molar-refractivity contribution in [2.75, 3.05) is 6.61 Å². The molecule has 39 heavy (non-hydrogen) atoms. The normalized spacial score (nSPS) is 24.9. The molecule has 1 saturated heterocycles. The highest BCUT2D eigenvalue weighted by molar-refractivity contribution is 6.10. The number of H-pyrrole nitrogens is 1. The Hall–Kier alpha value is -3.66. The van der Waals surface area contributed by atoms with E-state index in [4.69, 9.17) is 14.6 Å². The predicted octanol–water partition coefficient (Wildman–Crippen LogP) is -0.359. The topological polar surface area (TPSA) is 232 Å². The Bertz CT molecular complexity index is 1370. The van der Waals surface area contributed by atoms with Crippen molar-refractivity contribution < 1.29 is 54.5 Å². The number of nitrogens with one attached hydrogen (secondary N) is 2. The lowest BCUT2D eigenvalue weighted by atomic mass is 9.99. The van der Waals surface area contributed by atoms with E-state index in [1.807, 2.05) is 0 Å². The van der Waals surface area contributed by atoms with Crippen molar-refractivity contribution in [3.05, 3.63) is 41.7 Å². The first-order valence-electron chi connectivity index (χ1n) is 12.1. The number of aromatic nitrogens is 2. The van der Waals surface area contributed by atoms with E-state index in [2.05, 4.69) is 15.3 Å². The molecule has 1 aliphatic heterocycles. The molecule has 0 radical (unpaired) electrons. The second-order valence-corrected chi connectivity index (χ2v) is 9.26. The van der Waals surface area contributed by atoms with Gasteiger partial charge in [-0.05, 0) is 25.5 Å². The van der Waals surface area contributed by atoms with Crippen molar-refractivity contribution in [3.63, 3.8) is 0 Å². The van der Waals surface area contributed by atoms with E-state index in [0.717, 1.165) is 5.39 Å². The van der Waals surface area contributed by atoms with Gasteiger partial charge in [-0.3, -0.25) is 9.59 Å². The molecule has 0 aliphatic carbocycles. The molecule has 0 spiro atoms. The van der Waals surface area contributed by atoms with Crippen LogP contribution >= 0.6 is 0 Å². The standard InChI is InChI=1S/C25H29N3O11/c1-10(38-25-22(34)21(33)20(32)16(9-29)39-25)18-19-12(11-4-2-3-5-13(11)26-19)8-15(27-18)23(35)28-14(24(36)37)6-7-17(30)31/h2-5,8,10,14,16,20-22,25-26,29,32-34H,6-7,9H2,1H3,(H,28,35)(H,30,31)(H,36,37)/t10-,14-,16+,20+,21-,22+,25+/m0/s1. The molecule has 4 rings (SSSR count). The molecule has 8 N–H and O–H groups in total. The second kappa shape index (κ2) is 11.6. The molecule has 7 atom stereocenters. The smallest absolute Gasteiger partial charge is 0.326 e. The lowest BCUT2D eigenvalue weighted by Gasteiger charge is -2.40. The Morgan fingerprint density at radius 1 is 1.10 bits per heavy atom. The van der Waals surface area contributed by atoms with Gasteiger partial charge in [0.2, 0.25) is 0 Å². The van der Waals surface area contributed by atoms with Crippen molar-refractivity contribution in [2.45, 2.75) is 62.6 Å². The van der Waals surface area contributed by atoms with Crippen LogP contribution in [0, 0.1) is 0 Å². The van der Waals surface area contributed by atoms with Gasteiger partial charge in [-0.25, -0.2) is 9.78 Å². The van der Waals surface area contributed by atoms with Gasteiger partial charge in [0.15, 0.2) is 6.29 Å². The summed E-state index contributed by atoms with van der Waals surface area (Å²) in [7, 11) is 0. The van der Waals surface area contributed by atoms with Crippen LogP contribution in [0.15, 0.2) is 30.3 Å². The zero-order chi connectivity index (χ0) is 28.4. The lowest BCUT2D eigenvalue weighted by molar-refractivity contribution is -0.311. The van der Waals surface area contributed by atoms with Crippen molar-refractivity contribution in [1.29, 1.82) is 0 Å². The van der Waals surface area contributed by atoms with Gasteiger partial charge in [0.1, 0.15) is 42.3 Å². The Morgan fingerprint density at radius 3 is 2.49 bits per heavy atom. The van der Waals surface area contributed by atoms with E-state index in [0.29, 0.717) is 16.4 Å². The summed E-state index contributed by atoms with van der Waals surface area (Å²) in [5.74, 6) is -3.48. The number of amides is 1. The van der Waals surface area contributed by atoms with E-state index in [1.165, 1.54) is 6.07 Å². The third-order valence-corrected chi connectivity index (χ3v) is 6.58. The number of hydrogen-bond acceptors (Lipinski definition) is 10. The molecule has 2 aromatic heterocycles. The second-order valence-electron chi connectivity index (χ2n) is 9.26. The van der Waals surface area contributed by atoms with Crippen LogP contribution in [-0.4, -0.2) is 102 Å². The summed E-state index contributed by atoms with van der Waals surface area (Å²) in [6.45, 7) is 0.898. The van der Waals surface area contributed by atoms with Crippen molar-refractivity contribution in [3.8, 4) is 0 Å². The molecule has 1 aliphatic rings. The summed E-state index contributed by atoms with van der Waals surface area (Å²) < 4.78 is 11.3. The highest BCUT2D eigenvalue weighted by atomic mass is 16.7. The molecule has 14 nitrogen and oxygen atoms in total. The molecule has 0 unspecified atom stereocenters. The maximum atomic E-state index is 13.1. The number of rotatable bonds is 10. The van der Waals surface area contributed by atoms with Gasteiger partial charge in [0.05, 0.1) is 17.8 Å². The highest BCUT2D eigenvalue weighted by Crippen LogP contribution is 2.33. The first kappa shape index (κ1) is 28.4. The van der Waals surface area contributed by atoms with Gasteiger partial charge in [-0.15, -0.1) is 0 Å². The summed E-state index contributed by atoms with van der Waals surface area (Å²) in [5.41, 5.74) is 1.19. The monoisotopic (exact) mass is 547 g/mol. The minimum absolute atomic E-state index is 0.173. The Morgan fingerprint density at radius 2 is 1.82 bits per heavy atom. The average molecular weight is 548 g/mol. The number of aliphatic hydroxyl groups excluding tert-OH is 4. The number of carboxylic acids is 2. The number of fused-ring (bicyclic) bond motifs is 3. The van der Waals surface area contributed by atoms with E-state index < -0.39 is 73.7 Å². The summed E-state index contributed by atoms with van der Waals surface area (Å²) in [5, 5.41) is 61.9. The van der Waals surface area contributed by atoms with Crippen LogP contribution in [-0.2, 0) is 19.1 Å². The Kier molecular flexibility index (Phi) is 8.44. The zero-order valence-electron chi connectivity index (χ0n) is 20.7. The van der Waals surface area contributed by atoms with Gasteiger partial charge in [-0.2, -0.15) is 0 Å². The lowest BCUT2D eigenvalue weighted by Crippen LogP contribution is -2.59. The van der Waals surface area contributed by atoms with E-state index in [-0.39, 0.29) is 17.8 Å². The zero-order valence-corrected chi connectivity index (χ0v) is 20.7. The van der Waals surface area contributed by atoms with Crippen molar-refractivity contribution in [1.82, 2.24) is 15.3 Å². The van der Waals surface area contributed by atoms with Gasteiger partial charge < -0.3 is 50.4 Å². The van der Waals surface area contributed by atoms with E-state index in [9.17, 15) is 39.9 Å². The van der Waals surface area contributed by atoms with Crippen LogP contribution in [0.1, 0.15) is 42.1 Å². The molecule has 0 bridgehead atoms. The number of carbonyl (C=O) groups is 3. The summed E-state index contributed by atoms with van der Waals surface area (Å²) in [4.78, 5) is 43.2. The number of benzene rings is 1. The SMILES string of the molecule is C[C@H](O[C@@H]1O[C@H](CO)[C@@H](O)[C@H](O)[C@H]1O)c1nc(C(=O)N[C@@H](CCC(=O)O)C(=O)O)cc2c1[nH]c1ccccc12. The third kappa shape index (κ3) is 5.85. The minimum Gasteiger partial charge on any atom is -0.481 e. The van der Waals surface area contributed by atoms with Crippen LogP contribution in [0.3, 0.4) is 0 Å². The third-order valence-electron chi connectivity index (χ3n) is 6.58. The number of carboxylic acid groups (broad SMARTS) is 2. The van der Waals surface area contributed by atoms with Gasteiger partial charge in [-0.1, -0.05) is 18.2 Å². The predicted molar refractivity (Wildman–Crippen MR) is 133 cm³/mol. The molecular formula is C25H29N3O11. The fourth-order valence-corrected chi connectivity index (χ4v) is 4.48. The highest BCUT2D eigenvalue weighted by Gasteiger charge is 2.45. The molecule has 0 saturated carbocycles. The molecular weight excluding hydrogens is 518 g/mol. The number of carbonyl (C=O) groups excluding carboxylic acids is 1. The summed E-state index contributed by atoms with van der Waals surface area (Å²) in [6, 6.07) is 7.18. The van der Waals surface area contributed by atoms with Crippen LogP contribution in [0.5, 0.6) is 0 Å². The average Bonchev–Trinajstić information content (AvgIpc) is 3.28. The quantitative estimate of drug-likeness (QED) is 0.163. The van der Waals surface area contributed by atoms with Crippen LogP contribution in [0.25, 0.3) is 21.8 Å². The summed E-state index contributed by atoms with van der Waals surface area (Å²) in [6.07, 6.45) is -9.37. The number of hydrogen-bond donors (Lipinski definition) is 8. The molecule has 1 aromatic carbocycles. The fourth-order valence-electron chi connectivity index (χ4n) is 4.48. The van der Waals surface area contributed by atoms with Gasteiger partial charge in [0.25, 0.3) is 5.91 Å². The van der Waals surface area contributed by atoms with Gasteiger partial charge in [0, 0.05) is 22.7 Å². The largest absolute Gasteiger partial charge is 0.481 e. The number of pyridine rings is 1. The maximum absolute atomic E-state index is 13.1. The van der Waals surface area contributed by atoms with E-state index >= 15 is 0 Å². The number of ether oxygens (including phenoxy) is 2. The van der Waals surface area contributed by atoms with E-state index in [1.54, 1.807) is 31.2 Å². The molecule has 3 aromatic rings. The number of nitrogens with zero attached hydrogens (tertiary/aromatic N) is 1. The van der Waals surface area contributed by atoms with Gasteiger partial charge >= 0.3 is 11.9 Å². The number of aliphatic carboxylic acids is 2. The number of aliphatic hydroxyl groups is 4. The number of aromatic amines is 1.